The van der Waals surface area contributed by atoms with Crippen molar-refractivity contribution in [2.75, 3.05) is 13.2 Å². The van der Waals surface area contributed by atoms with Gasteiger partial charge in [-0.25, -0.2) is 0 Å². The summed E-state index contributed by atoms with van der Waals surface area (Å²) in [6.07, 6.45) is 1.69. The molecule has 0 radical (unpaired) electrons. The van der Waals surface area contributed by atoms with Crippen molar-refractivity contribution in [3.8, 4) is 0 Å². The minimum atomic E-state index is -0.258. The van der Waals surface area contributed by atoms with Gasteiger partial charge in [0.15, 0.2) is 6.10 Å². The average molecular weight is 328 g/mol. The van der Waals surface area contributed by atoms with Crippen LogP contribution in [-0.2, 0) is 15.9 Å². The second-order valence-electron chi connectivity index (χ2n) is 7.73. The molecule has 0 spiro atoms. The van der Waals surface area contributed by atoms with E-state index in [1.165, 1.54) is 5.56 Å². The van der Waals surface area contributed by atoms with Crippen LogP contribution in [0.15, 0.2) is 28.7 Å². The van der Waals surface area contributed by atoms with Gasteiger partial charge < -0.3 is 13.9 Å². The van der Waals surface area contributed by atoms with Gasteiger partial charge in [0, 0.05) is 6.61 Å². The van der Waals surface area contributed by atoms with Crippen molar-refractivity contribution >= 4 is 0 Å². The first kappa shape index (κ1) is 15.8. The SMILES string of the molecule is CC(C)(C)[C@H]1OCC[C@@H]1c1nnc([C@H]2OCCc3ccccc32)o1. The van der Waals surface area contributed by atoms with Gasteiger partial charge in [-0.05, 0) is 29.4 Å². The third kappa shape index (κ3) is 2.76. The highest BCUT2D eigenvalue weighted by Crippen LogP contribution is 2.41. The second-order valence-corrected chi connectivity index (χ2v) is 7.73. The number of fused-ring (bicyclic) bond motifs is 1. The molecule has 0 unspecified atom stereocenters. The van der Waals surface area contributed by atoms with Crippen LogP contribution in [0.5, 0.6) is 0 Å². The van der Waals surface area contributed by atoms with Crippen molar-refractivity contribution < 1.29 is 13.9 Å². The molecule has 0 amide bonds. The Morgan fingerprint density at radius 3 is 2.62 bits per heavy atom. The highest BCUT2D eigenvalue weighted by atomic mass is 16.5. The molecule has 3 heterocycles. The molecule has 1 aromatic heterocycles. The first-order valence-electron chi connectivity index (χ1n) is 8.68. The molecular weight excluding hydrogens is 304 g/mol. The normalized spacial score (nSPS) is 27.2. The Bertz CT molecular complexity index is 719. The zero-order chi connectivity index (χ0) is 16.7. The van der Waals surface area contributed by atoms with Crippen LogP contribution in [0.3, 0.4) is 0 Å². The molecule has 4 rings (SSSR count). The molecule has 128 valence electrons. The maximum atomic E-state index is 6.06. The monoisotopic (exact) mass is 328 g/mol. The quantitative estimate of drug-likeness (QED) is 0.842. The van der Waals surface area contributed by atoms with E-state index in [1.807, 2.05) is 6.07 Å². The molecule has 0 bridgehead atoms. The molecule has 0 saturated carbocycles. The Morgan fingerprint density at radius 2 is 1.79 bits per heavy atom. The second kappa shape index (κ2) is 5.97. The Morgan fingerprint density at radius 1 is 1.00 bits per heavy atom. The Balaban J connectivity index is 1.62. The lowest BCUT2D eigenvalue weighted by Gasteiger charge is -2.29. The molecule has 0 N–H and O–H groups in total. The van der Waals surface area contributed by atoms with Crippen molar-refractivity contribution in [1.29, 1.82) is 0 Å². The van der Waals surface area contributed by atoms with E-state index in [0.717, 1.165) is 25.0 Å². The molecule has 0 aliphatic carbocycles. The van der Waals surface area contributed by atoms with E-state index >= 15 is 0 Å². The van der Waals surface area contributed by atoms with Crippen LogP contribution in [0.2, 0.25) is 0 Å². The molecule has 1 aromatic carbocycles. The van der Waals surface area contributed by atoms with Crippen molar-refractivity contribution in [2.45, 2.75) is 51.7 Å². The van der Waals surface area contributed by atoms with Gasteiger partial charge in [-0.3, -0.25) is 0 Å². The zero-order valence-electron chi connectivity index (χ0n) is 14.5. The number of aromatic nitrogens is 2. The number of hydrogen-bond donors (Lipinski definition) is 0. The standard InChI is InChI=1S/C19H24N2O3/c1-19(2,3)16-14(9-11-23-16)17-20-21-18(24-17)15-13-7-5-4-6-12(13)8-10-22-15/h4-7,14-16H,8-11H2,1-3H3/t14-,15-,16-/m0/s1. The van der Waals surface area contributed by atoms with Crippen molar-refractivity contribution in [3.63, 3.8) is 0 Å². The topological polar surface area (TPSA) is 57.4 Å². The molecule has 3 atom stereocenters. The molecule has 1 fully saturated rings. The lowest BCUT2D eigenvalue weighted by Crippen LogP contribution is -2.30. The molecule has 2 aliphatic heterocycles. The molecule has 5 heteroatoms. The summed E-state index contributed by atoms with van der Waals surface area (Å²) in [6.45, 7) is 7.99. The van der Waals surface area contributed by atoms with Gasteiger partial charge >= 0.3 is 0 Å². The minimum Gasteiger partial charge on any atom is -0.422 e. The molecular formula is C19H24N2O3. The van der Waals surface area contributed by atoms with E-state index in [0.29, 0.717) is 18.4 Å². The molecule has 2 aliphatic rings. The number of ether oxygens (including phenoxy) is 2. The van der Waals surface area contributed by atoms with E-state index in [1.54, 1.807) is 0 Å². The van der Waals surface area contributed by atoms with Crippen LogP contribution in [0, 0.1) is 5.41 Å². The van der Waals surface area contributed by atoms with Gasteiger partial charge in [-0.15, -0.1) is 10.2 Å². The highest BCUT2D eigenvalue weighted by Gasteiger charge is 2.41. The van der Waals surface area contributed by atoms with Gasteiger partial charge in [0.1, 0.15) is 0 Å². The third-order valence-electron chi connectivity index (χ3n) is 4.94. The highest BCUT2D eigenvalue weighted by molar-refractivity contribution is 5.33. The Hall–Kier alpha value is -1.72. The first-order valence-corrected chi connectivity index (χ1v) is 8.68. The maximum Gasteiger partial charge on any atom is 0.249 e. The van der Waals surface area contributed by atoms with Crippen LogP contribution < -0.4 is 0 Å². The van der Waals surface area contributed by atoms with Gasteiger partial charge in [0.05, 0.1) is 18.6 Å². The molecule has 2 aromatic rings. The van der Waals surface area contributed by atoms with Crippen molar-refractivity contribution in [1.82, 2.24) is 10.2 Å². The van der Waals surface area contributed by atoms with Crippen LogP contribution >= 0.6 is 0 Å². The van der Waals surface area contributed by atoms with E-state index in [2.05, 4.69) is 49.2 Å². The van der Waals surface area contributed by atoms with E-state index in [9.17, 15) is 0 Å². The van der Waals surface area contributed by atoms with Crippen molar-refractivity contribution in [3.05, 3.63) is 47.2 Å². The number of rotatable bonds is 2. The summed E-state index contributed by atoms with van der Waals surface area (Å²) in [7, 11) is 0. The van der Waals surface area contributed by atoms with E-state index in [4.69, 9.17) is 13.9 Å². The van der Waals surface area contributed by atoms with Gasteiger partial charge in [0.2, 0.25) is 11.8 Å². The predicted octanol–water partition coefficient (Wildman–Crippen LogP) is 3.65. The van der Waals surface area contributed by atoms with Crippen molar-refractivity contribution in [2.24, 2.45) is 5.41 Å². The molecule has 1 saturated heterocycles. The molecule has 5 nitrogen and oxygen atoms in total. The van der Waals surface area contributed by atoms with E-state index < -0.39 is 0 Å². The maximum absolute atomic E-state index is 6.06. The summed E-state index contributed by atoms with van der Waals surface area (Å²) in [6, 6.07) is 8.31. The van der Waals surface area contributed by atoms with Crippen LogP contribution in [-0.4, -0.2) is 29.5 Å². The van der Waals surface area contributed by atoms with Crippen LogP contribution in [0.4, 0.5) is 0 Å². The zero-order valence-corrected chi connectivity index (χ0v) is 14.5. The number of hydrogen-bond acceptors (Lipinski definition) is 5. The van der Waals surface area contributed by atoms with Gasteiger partial charge in [-0.2, -0.15) is 0 Å². The summed E-state index contributed by atoms with van der Waals surface area (Å²) >= 11 is 0. The summed E-state index contributed by atoms with van der Waals surface area (Å²) in [5.74, 6) is 1.39. The smallest absolute Gasteiger partial charge is 0.249 e. The number of nitrogens with zero attached hydrogens (tertiary/aromatic N) is 2. The predicted molar refractivity (Wildman–Crippen MR) is 88.8 cm³/mol. The summed E-state index contributed by atoms with van der Waals surface area (Å²) < 4.78 is 17.9. The lowest BCUT2D eigenvalue weighted by atomic mass is 9.81. The minimum absolute atomic E-state index is 0.0454. The fourth-order valence-corrected chi connectivity index (χ4v) is 3.80. The fourth-order valence-electron chi connectivity index (χ4n) is 3.80. The summed E-state index contributed by atoms with van der Waals surface area (Å²) in [5.41, 5.74) is 2.48. The first-order chi connectivity index (χ1) is 11.5. The number of benzene rings is 1. The molecule has 24 heavy (non-hydrogen) atoms. The average Bonchev–Trinajstić information content (AvgIpc) is 3.22. The van der Waals surface area contributed by atoms with Gasteiger partial charge in [0.25, 0.3) is 0 Å². The Kier molecular flexibility index (Phi) is 3.93. The lowest BCUT2D eigenvalue weighted by molar-refractivity contribution is 0.0156. The summed E-state index contributed by atoms with van der Waals surface area (Å²) in [4.78, 5) is 0. The largest absolute Gasteiger partial charge is 0.422 e. The Labute approximate surface area is 142 Å². The van der Waals surface area contributed by atoms with Gasteiger partial charge in [-0.1, -0.05) is 45.0 Å². The van der Waals surface area contributed by atoms with Crippen LogP contribution in [0.25, 0.3) is 0 Å². The third-order valence-corrected chi connectivity index (χ3v) is 4.94. The summed E-state index contributed by atoms with van der Waals surface area (Å²) in [5, 5.41) is 8.64. The van der Waals surface area contributed by atoms with Crippen LogP contribution in [0.1, 0.15) is 62.1 Å². The van der Waals surface area contributed by atoms with E-state index in [-0.39, 0.29) is 23.5 Å². The fraction of sp³-hybridized carbons (Fsp3) is 0.579.